The van der Waals surface area contributed by atoms with Gasteiger partial charge in [0.2, 0.25) is 0 Å². The van der Waals surface area contributed by atoms with Crippen LogP contribution in [0.4, 0.5) is 0 Å². The zero-order valence-corrected chi connectivity index (χ0v) is 30.1. The fourth-order valence-electron chi connectivity index (χ4n) is 4.87. The monoisotopic (exact) mass is 670 g/mol. The number of carbonyl (C=O) groups excluding carboxylic acids is 2. The van der Waals surface area contributed by atoms with Crippen LogP contribution in [0.15, 0.2) is 36.5 Å². The van der Waals surface area contributed by atoms with Gasteiger partial charge in [0.05, 0.1) is 6.61 Å². The summed E-state index contributed by atoms with van der Waals surface area (Å²) < 4.78 is 26.2. The van der Waals surface area contributed by atoms with Gasteiger partial charge in [-0.15, -0.1) is 0 Å². The predicted octanol–water partition coefficient (Wildman–Crippen LogP) is 10.6. The van der Waals surface area contributed by atoms with Crippen LogP contribution in [0.25, 0.3) is 0 Å². The lowest BCUT2D eigenvalue weighted by Gasteiger charge is -2.18. The lowest BCUT2D eigenvalue weighted by molar-refractivity contribution is -0.161. The van der Waals surface area contributed by atoms with E-state index in [1.54, 1.807) is 0 Å². The summed E-state index contributed by atoms with van der Waals surface area (Å²) in [4.78, 5) is 42.6. The molecule has 0 aromatic heterocycles. The number of allylic oxidation sites excluding steroid dienone is 6. The highest BCUT2D eigenvalue weighted by Crippen LogP contribution is 2.36. The maximum atomic E-state index is 12.3. The Labute approximate surface area is 281 Å². The fraction of sp³-hybridized carbons (Fsp3) is 0.784. The number of hydrogen-bond donors (Lipinski definition) is 2. The van der Waals surface area contributed by atoms with E-state index in [2.05, 4.69) is 54.8 Å². The summed E-state index contributed by atoms with van der Waals surface area (Å²) in [5, 5.41) is 0. The molecule has 0 unspecified atom stereocenters. The van der Waals surface area contributed by atoms with Gasteiger partial charge in [0.15, 0.2) is 6.10 Å². The number of hydrogen-bond acceptors (Lipinski definition) is 6. The van der Waals surface area contributed by atoms with Crippen molar-refractivity contribution in [3.63, 3.8) is 0 Å². The molecule has 2 N–H and O–H groups in total. The first-order chi connectivity index (χ1) is 22.3. The quantitative estimate of drug-likeness (QED) is 0.0306. The van der Waals surface area contributed by atoms with Gasteiger partial charge in [0.1, 0.15) is 6.61 Å². The van der Waals surface area contributed by atoms with Gasteiger partial charge in [-0.3, -0.25) is 14.1 Å². The Hall–Kier alpha value is -1.73. The minimum Gasteiger partial charge on any atom is -0.462 e. The van der Waals surface area contributed by atoms with Gasteiger partial charge in [-0.05, 0) is 70.6 Å². The second-order valence-corrected chi connectivity index (χ2v) is 13.4. The highest BCUT2D eigenvalue weighted by Gasteiger charge is 2.22. The molecule has 0 rings (SSSR count). The number of unbranched alkanes of at least 4 members (excludes halogenated alkanes) is 17. The van der Waals surface area contributed by atoms with Crippen LogP contribution in [0.3, 0.4) is 0 Å². The van der Waals surface area contributed by atoms with Gasteiger partial charge in [0, 0.05) is 12.8 Å². The molecular weight excluding hydrogens is 603 g/mol. The van der Waals surface area contributed by atoms with Gasteiger partial charge in [-0.1, -0.05) is 121 Å². The van der Waals surface area contributed by atoms with Crippen molar-refractivity contribution in [2.45, 2.75) is 174 Å². The Morgan fingerprint density at radius 3 is 1.52 bits per heavy atom. The van der Waals surface area contributed by atoms with Crippen molar-refractivity contribution in [3.8, 4) is 0 Å². The summed E-state index contributed by atoms with van der Waals surface area (Å²) >= 11 is 0. The Morgan fingerprint density at radius 2 is 0.978 bits per heavy atom. The van der Waals surface area contributed by atoms with E-state index in [9.17, 15) is 14.2 Å². The molecule has 0 aromatic carbocycles. The maximum absolute atomic E-state index is 12.3. The number of esters is 2. The zero-order chi connectivity index (χ0) is 34.0. The molecule has 0 aliphatic heterocycles. The zero-order valence-electron chi connectivity index (χ0n) is 29.2. The molecule has 0 fully saturated rings. The van der Waals surface area contributed by atoms with E-state index in [0.29, 0.717) is 12.8 Å². The SMILES string of the molecule is CCCCC/C=C/C/C=C/CCCCCCCC(=O)O[C@H](COC(=O)CCCCC/C=C/CCCCCCCC)COP(=O)(O)O. The first kappa shape index (κ1) is 44.3. The second kappa shape index (κ2) is 33.2. The van der Waals surface area contributed by atoms with Crippen molar-refractivity contribution < 1.29 is 37.9 Å². The third-order valence-corrected chi connectivity index (χ3v) is 8.12. The van der Waals surface area contributed by atoms with Crippen molar-refractivity contribution in [1.29, 1.82) is 0 Å². The molecule has 0 saturated carbocycles. The highest BCUT2D eigenvalue weighted by atomic mass is 31.2. The normalized spacial score (nSPS) is 12.9. The number of phosphoric ester groups is 1. The first-order valence-corrected chi connectivity index (χ1v) is 19.8. The van der Waals surface area contributed by atoms with Crippen LogP contribution in [-0.4, -0.2) is 41.0 Å². The van der Waals surface area contributed by atoms with Crippen LogP contribution in [0.5, 0.6) is 0 Å². The molecule has 0 aliphatic rings. The van der Waals surface area contributed by atoms with Gasteiger partial charge in [0.25, 0.3) is 0 Å². The fourth-order valence-corrected chi connectivity index (χ4v) is 5.23. The standard InChI is InChI=1S/C37H67O8P/c1-3-5-7-9-11-13-15-17-18-20-22-24-26-28-30-32-37(39)45-35(34-44-46(40,41)42)33-43-36(38)31-29-27-25-23-21-19-16-14-12-10-8-6-4-2/h11,13,17-19,21,35H,3-10,12,14-16,20,22-34H2,1-2H3,(H2,40,41,42)/b13-11+,18-17+,21-19+/t35-/m1/s1. The summed E-state index contributed by atoms with van der Waals surface area (Å²) in [7, 11) is -4.75. The first-order valence-electron chi connectivity index (χ1n) is 18.3. The topological polar surface area (TPSA) is 119 Å². The van der Waals surface area contributed by atoms with Crippen LogP contribution in [0.2, 0.25) is 0 Å². The molecule has 0 aliphatic carbocycles. The summed E-state index contributed by atoms with van der Waals surface area (Å²) in [5.74, 6) is -0.921. The smallest absolute Gasteiger partial charge is 0.462 e. The van der Waals surface area contributed by atoms with Gasteiger partial charge < -0.3 is 19.3 Å². The summed E-state index contributed by atoms with van der Waals surface area (Å²) in [5.41, 5.74) is 0. The van der Waals surface area contributed by atoms with Crippen LogP contribution < -0.4 is 0 Å². The molecule has 1 atom stereocenters. The minimum absolute atomic E-state index is 0.193. The van der Waals surface area contributed by atoms with Crippen molar-refractivity contribution in [2.75, 3.05) is 13.2 Å². The molecule has 8 nitrogen and oxygen atoms in total. The highest BCUT2D eigenvalue weighted by molar-refractivity contribution is 7.46. The van der Waals surface area contributed by atoms with Crippen LogP contribution in [0, 0.1) is 0 Å². The molecule has 0 aromatic rings. The summed E-state index contributed by atoms with van der Waals surface area (Å²) in [6.45, 7) is 3.61. The lowest BCUT2D eigenvalue weighted by atomic mass is 10.1. The largest absolute Gasteiger partial charge is 0.469 e. The molecule has 0 amide bonds. The van der Waals surface area contributed by atoms with Crippen molar-refractivity contribution in [3.05, 3.63) is 36.5 Å². The Kier molecular flexibility index (Phi) is 31.9. The minimum atomic E-state index is -4.75. The third-order valence-electron chi connectivity index (χ3n) is 7.63. The lowest BCUT2D eigenvalue weighted by Crippen LogP contribution is -2.29. The van der Waals surface area contributed by atoms with E-state index in [1.807, 2.05) is 0 Å². The molecule has 0 radical (unpaired) electrons. The van der Waals surface area contributed by atoms with Crippen LogP contribution >= 0.6 is 7.82 Å². The number of ether oxygens (including phenoxy) is 2. The molecular formula is C37H67O8P. The van der Waals surface area contributed by atoms with E-state index < -0.39 is 32.5 Å². The van der Waals surface area contributed by atoms with Crippen LogP contribution in [-0.2, 0) is 28.2 Å². The van der Waals surface area contributed by atoms with E-state index >= 15 is 0 Å². The molecule has 0 spiro atoms. The average Bonchev–Trinajstić information content (AvgIpc) is 3.02. The van der Waals surface area contributed by atoms with Crippen molar-refractivity contribution >= 4 is 19.8 Å². The van der Waals surface area contributed by atoms with Gasteiger partial charge >= 0.3 is 19.8 Å². The van der Waals surface area contributed by atoms with E-state index in [4.69, 9.17) is 19.3 Å². The number of phosphoric acid groups is 1. The summed E-state index contributed by atoms with van der Waals surface area (Å²) in [6, 6.07) is 0. The van der Waals surface area contributed by atoms with Gasteiger partial charge in [-0.2, -0.15) is 0 Å². The van der Waals surface area contributed by atoms with E-state index in [0.717, 1.165) is 64.2 Å². The number of carbonyl (C=O) groups is 2. The Bertz CT molecular complexity index is 848. The van der Waals surface area contributed by atoms with Gasteiger partial charge in [-0.25, -0.2) is 4.57 Å². The Morgan fingerprint density at radius 1 is 0.565 bits per heavy atom. The molecule has 46 heavy (non-hydrogen) atoms. The molecule has 268 valence electrons. The Balaban J connectivity index is 4.04. The molecule has 0 heterocycles. The van der Waals surface area contributed by atoms with E-state index in [-0.39, 0.29) is 19.4 Å². The van der Waals surface area contributed by atoms with E-state index in [1.165, 1.54) is 64.2 Å². The third kappa shape index (κ3) is 35.1. The molecule has 9 heteroatoms. The average molecular weight is 671 g/mol. The summed E-state index contributed by atoms with van der Waals surface area (Å²) in [6.07, 6.45) is 37.2. The maximum Gasteiger partial charge on any atom is 0.469 e. The van der Waals surface area contributed by atoms with Crippen molar-refractivity contribution in [2.24, 2.45) is 0 Å². The van der Waals surface area contributed by atoms with Crippen LogP contribution in [0.1, 0.15) is 168 Å². The predicted molar refractivity (Wildman–Crippen MR) is 188 cm³/mol. The molecule has 0 saturated heterocycles. The molecule has 0 bridgehead atoms. The van der Waals surface area contributed by atoms with Crippen molar-refractivity contribution in [1.82, 2.24) is 0 Å². The second-order valence-electron chi connectivity index (χ2n) is 12.2. The number of rotatable bonds is 33.